The van der Waals surface area contributed by atoms with E-state index in [4.69, 9.17) is 4.74 Å². The molecule has 1 aromatic heterocycles. The fourth-order valence-corrected chi connectivity index (χ4v) is 2.23. The van der Waals surface area contributed by atoms with Crippen LogP contribution < -0.4 is 10.1 Å². The van der Waals surface area contributed by atoms with Crippen LogP contribution in [0.5, 0.6) is 5.75 Å². The van der Waals surface area contributed by atoms with E-state index in [9.17, 15) is 0 Å². The van der Waals surface area contributed by atoms with Crippen LogP contribution in [0.2, 0.25) is 0 Å². The van der Waals surface area contributed by atoms with E-state index in [1.165, 1.54) is 5.56 Å². The number of methoxy groups -OCH3 is 1. The lowest BCUT2D eigenvalue weighted by molar-refractivity contribution is 0.406. The molecule has 2 aromatic rings. The summed E-state index contributed by atoms with van der Waals surface area (Å²) in [7, 11) is 1.72. The zero-order chi connectivity index (χ0) is 14.2. The molecule has 108 valence electrons. The van der Waals surface area contributed by atoms with Gasteiger partial charge in [-0.1, -0.05) is 18.2 Å². The third-order valence-electron chi connectivity index (χ3n) is 3.27. The molecule has 2 N–H and O–H groups in total. The van der Waals surface area contributed by atoms with Crippen LogP contribution in [0.15, 0.2) is 30.6 Å². The minimum absolute atomic E-state index is 0.418. The van der Waals surface area contributed by atoms with Gasteiger partial charge in [0.05, 0.1) is 7.11 Å². The number of hydrogen-bond acceptors (Lipinski definition) is 4. The fourth-order valence-electron chi connectivity index (χ4n) is 2.23. The van der Waals surface area contributed by atoms with Gasteiger partial charge in [0.15, 0.2) is 0 Å². The molecule has 0 aliphatic rings. The van der Waals surface area contributed by atoms with Crippen LogP contribution in [0, 0.1) is 0 Å². The number of H-pyrrole nitrogens is 1. The molecular weight excluding hydrogens is 252 g/mol. The average molecular weight is 274 g/mol. The quantitative estimate of drug-likeness (QED) is 0.722. The summed E-state index contributed by atoms with van der Waals surface area (Å²) in [4.78, 5) is 4.11. The zero-order valence-electron chi connectivity index (χ0n) is 12.1. The number of aromatic nitrogens is 3. The molecular formula is C15H22N4O. The standard InChI is InChI=1S/C15H22N4O/c1-12(10-13-6-3-4-7-14(13)20-2)16-9-5-8-15-17-11-18-19-15/h3-4,6-7,11-12,16H,5,8-10H2,1-2H3,(H,17,18,19). The van der Waals surface area contributed by atoms with Crippen molar-refractivity contribution in [3.8, 4) is 5.75 Å². The highest BCUT2D eigenvalue weighted by atomic mass is 16.5. The molecule has 1 unspecified atom stereocenters. The number of ether oxygens (including phenoxy) is 1. The van der Waals surface area contributed by atoms with Gasteiger partial charge >= 0.3 is 0 Å². The van der Waals surface area contributed by atoms with Crippen molar-refractivity contribution in [1.29, 1.82) is 0 Å². The van der Waals surface area contributed by atoms with Crippen LogP contribution >= 0.6 is 0 Å². The molecule has 20 heavy (non-hydrogen) atoms. The maximum atomic E-state index is 5.37. The summed E-state index contributed by atoms with van der Waals surface area (Å²) in [5.41, 5.74) is 1.24. The topological polar surface area (TPSA) is 62.8 Å². The van der Waals surface area contributed by atoms with E-state index in [1.807, 2.05) is 12.1 Å². The minimum Gasteiger partial charge on any atom is -0.496 e. The Kier molecular flexibility index (Phi) is 5.55. The Hall–Kier alpha value is -1.88. The molecule has 0 bridgehead atoms. The van der Waals surface area contributed by atoms with Crippen LogP contribution in [-0.4, -0.2) is 34.9 Å². The van der Waals surface area contributed by atoms with Crippen molar-refractivity contribution in [2.75, 3.05) is 13.7 Å². The summed E-state index contributed by atoms with van der Waals surface area (Å²) < 4.78 is 5.37. The first-order valence-corrected chi connectivity index (χ1v) is 6.99. The van der Waals surface area contributed by atoms with Gasteiger partial charge in [0.2, 0.25) is 0 Å². The average Bonchev–Trinajstić information content (AvgIpc) is 2.97. The van der Waals surface area contributed by atoms with E-state index in [0.717, 1.165) is 37.4 Å². The molecule has 0 saturated carbocycles. The molecule has 0 spiro atoms. The fraction of sp³-hybridized carbons (Fsp3) is 0.467. The predicted octanol–water partition coefficient (Wildman–Crippen LogP) is 1.97. The van der Waals surface area contributed by atoms with Crippen LogP contribution in [0.4, 0.5) is 0 Å². The van der Waals surface area contributed by atoms with Gasteiger partial charge < -0.3 is 10.1 Å². The Bertz CT molecular complexity index is 498. The highest BCUT2D eigenvalue weighted by Crippen LogP contribution is 2.18. The predicted molar refractivity (Wildman–Crippen MR) is 78.9 cm³/mol. The molecule has 0 aliphatic heterocycles. The number of aromatic amines is 1. The zero-order valence-corrected chi connectivity index (χ0v) is 12.1. The van der Waals surface area contributed by atoms with Crippen molar-refractivity contribution in [3.63, 3.8) is 0 Å². The largest absolute Gasteiger partial charge is 0.496 e. The first kappa shape index (κ1) is 14.5. The molecule has 1 atom stereocenters. The van der Waals surface area contributed by atoms with Crippen LogP contribution in [0.25, 0.3) is 0 Å². The molecule has 0 aliphatic carbocycles. The maximum absolute atomic E-state index is 5.37. The normalized spacial score (nSPS) is 12.3. The monoisotopic (exact) mass is 274 g/mol. The summed E-state index contributed by atoms with van der Waals surface area (Å²) in [5.74, 6) is 1.91. The SMILES string of the molecule is COc1ccccc1CC(C)NCCCc1ncn[nH]1. The lowest BCUT2D eigenvalue weighted by Gasteiger charge is -2.15. The van der Waals surface area contributed by atoms with Crippen molar-refractivity contribution >= 4 is 0 Å². The number of para-hydroxylation sites is 1. The second kappa shape index (κ2) is 7.65. The summed E-state index contributed by atoms with van der Waals surface area (Å²) in [6, 6.07) is 8.59. The smallest absolute Gasteiger partial charge is 0.137 e. The van der Waals surface area contributed by atoms with Gasteiger partial charge in [-0.3, -0.25) is 5.10 Å². The summed E-state index contributed by atoms with van der Waals surface area (Å²) in [6.07, 6.45) is 4.49. The molecule has 5 nitrogen and oxygen atoms in total. The van der Waals surface area contributed by atoms with Gasteiger partial charge in [0, 0.05) is 12.5 Å². The lowest BCUT2D eigenvalue weighted by atomic mass is 10.1. The number of nitrogens with zero attached hydrogens (tertiary/aromatic N) is 2. The van der Waals surface area contributed by atoms with Gasteiger partial charge in [-0.05, 0) is 37.9 Å². The Balaban J connectivity index is 1.71. The first-order chi connectivity index (χ1) is 9.79. The van der Waals surface area contributed by atoms with Gasteiger partial charge in [-0.2, -0.15) is 5.10 Å². The summed E-state index contributed by atoms with van der Waals surface area (Å²) in [6.45, 7) is 3.16. The summed E-state index contributed by atoms with van der Waals surface area (Å²) in [5, 5.41) is 10.2. The number of benzene rings is 1. The third-order valence-corrected chi connectivity index (χ3v) is 3.27. The molecule has 0 fully saturated rings. The Morgan fingerprint density at radius 3 is 2.95 bits per heavy atom. The minimum atomic E-state index is 0.418. The van der Waals surface area contributed by atoms with E-state index in [1.54, 1.807) is 13.4 Å². The highest BCUT2D eigenvalue weighted by molar-refractivity contribution is 5.33. The second-order valence-corrected chi connectivity index (χ2v) is 4.91. The number of nitrogens with one attached hydrogen (secondary N) is 2. The molecule has 1 heterocycles. The first-order valence-electron chi connectivity index (χ1n) is 6.99. The maximum Gasteiger partial charge on any atom is 0.137 e. The van der Waals surface area contributed by atoms with Crippen molar-refractivity contribution in [2.45, 2.75) is 32.2 Å². The molecule has 0 saturated heterocycles. The Morgan fingerprint density at radius 2 is 2.20 bits per heavy atom. The molecule has 2 rings (SSSR count). The van der Waals surface area contributed by atoms with Crippen LogP contribution in [0.3, 0.4) is 0 Å². The van der Waals surface area contributed by atoms with Crippen molar-refractivity contribution < 1.29 is 4.74 Å². The van der Waals surface area contributed by atoms with E-state index in [0.29, 0.717) is 6.04 Å². The van der Waals surface area contributed by atoms with E-state index < -0.39 is 0 Å². The van der Waals surface area contributed by atoms with Crippen molar-refractivity contribution in [3.05, 3.63) is 42.0 Å². The van der Waals surface area contributed by atoms with E-state index in [2.05, 4.69) is 39.6 Å². The van der Waals surface area contributed by atoms with Crippen molar-refractivity contribution in [2.24, 2.45) is 0 Å². The van der Waals surface area contributed by atoms with Crippen LogP contribution in [0.1, 0.15) is 24.7 Å². The van der Waals surface area contributed by atoms with Gasteiger partial charge in [-0.15, -0.1) is 0 Å². The number of hydrogen-bond donors (Lipinski definition) is 2. The molecule has 0 radical (unpaired) electrons. The van der Waals surface area contributed by atoms with Gasteiger partial charge in [-0.25, -0.2) is 4.98 Å². The molecule has 0 amide bonds. The van der Waals surface area contributed by atoms with Gasteiger partial charge in [0.1, 0.15) is 17.9 Å². The second-order valence-electron chi connectivity index (χ2n) is 4.91. The number of aryl methyl sites for hydroxylation is 1. The molecule has 5 heteroatoms. The highest BCUT2D eigenvalue weighted by Gasteiger charge is 2.07. The van der Waals surface area contributed by atoms with E-state index >= 15 is 0 Å². The van der Waals surface area contributed by atoms with Gasteiger partial charge in [0.25, 0.3) is 0 Å². The molecule has 1 aromatic carbocycles. The number of rotatable bonds is 8. The van der Waals surface area contributed by atoms with E-state index in [-0.39, 0.29) is 0 Å². The Morgan fingerprint density at radius 1 is 1.35 bits per heavy atom. The lowest BCUT2D eigenvalue weighted by Crippen LogP contribution is -2.29. The van der Waals surface area contributed by atoms with Crippen molar-refractivity contribution in [1.82, 2.24) is 20.5 Å². The Labute approximate surface area is 119 Å². The van der Waals surface area contributed by atoms with Crippen LogP contribution in [-0.2, 0) is 12.8 Å². The third kappa shape index (κ3) is 4.35. The summed E-state index contributed by atoms with van der Waals surface area (Å²) >= 11 is 0.